The van der Waals surface area contributed by atoms with Crippen molar-refractivity contribution in [2.24, 2.45) is 5.73 Å². The van der Waals surface area contributed by atoms with Gasteiger partial charge in [-0.2, -0.15) is 0 Å². The van der Waals surface area contributed by atoms with Crippen LogP contribution in [0, 0.1) is 5.82 Å². The summed E-state index contributed by atoms with van der Waals surface area (Å²) in [6.45, 7) is 0.822. The van der Waals surface area contributed by atoms with Gasteiger partial charge >= 0.3 is 0 Å². The fraction of sp³-hybridized carbons (Fsp3) is 0.333. The minimum absolute atomic E-state index is 0.208. The highest BCUT2D eigenvalue weighted by molar-refractivity contribution is 5.33. The fourth-order valence-corrected chi connectivity index (χ4v) is 1.53. The Morgan fingerprint density at radius 3 is 3.17 bits per heavy atom. The number of ether oxygens (including phenoxy) is 1. The van der Waals surface area contributed by atoms with Crippen LogP contribution in [0.4, 0.5) is 4.39 Å². The van der Waals surface area contributed by atoms with E-state index in [1.54, 1.807) is 6.07 Å². The van der Waals surface area contributed by atoms with Crippen LogP contribution in [-0.4, -0.2) is 6.54 Å². The molecule has 0 amide bonds. The molecule has 1 atom stereocenters. The third kappa shape index (κ3) is 1.02. The molecule has 0 aliphatic carbocycles. The first kappa shape index (κ1) is 7.71. The van der Waals surface area contributed by atoms with Gasteiger partial charge in [0.1, 0.15) is 5.82 Å². The van der Waals surface area contributed by atoms with E-state index in [-0.39, 0.29) is 11.9 Å². The SMILES string of the molecule is NC[C@@H]1OCc2cccc(F)c21. The Kier molecular flexibility index (Phi) is 1.83. The molecule has 0 aromatic heterocycles. The van der Waals surface area contributed by atoms with Gasteiger partial charge in [0.05, 0.1) is 12.7 Å². The number of rotatable bonds is 1. The normalized spacial score (nSPS) is 21.0. The maximum absolute atomic E-state index is 13.2. The van der Waals surface area contributed by atoms with Crippen molar-refractivity contribution < 1.29 is 9.13 Å². The van der Waals surface area contributed by atoms with Gasteiger partial charge in [0.15, 0.2) is 0 Å². The Morgan fingerprint density at radius 1 is 1.58 bits per heavy atom. The van der Waals surface area contributed by atoms with Crippen molar-refractivity contribution in [3.8, 4) is 0 Å². The van der Waals surface area contributed by atoms with Gasteiger partial charge in [0.25, 0.3) is 0 Å². The Bertz CT molecular complexity index is 301. The Morgan fingerprint density at radius 2 is 2.42 bits per heavy atom. The molecule has 64 valence electrons. The molecule has 1 aromatic rings. The smallest absolute Gasteiger partial charge is 0.129 e. The first-order valence-electron chi connectivity index (χ1n) is 3.92. The molecule has 2 N–H and O–H groups in total. The highest BCUT2D eigenvalue weighted by atomic mass is 19.1. The number of hydrogen-bond acceptors (Lipinski definition) is 2. The molecule has 0 radical (unpaired) electrons. The lowest BCUT2D eigenvalue weighted by atomic mass is 10.1. The lowest BCUT2D eigenvalue weighted by molar-refractivity contribution is 0.0708. The third-order valence-corrected chi connectivity index (χ3v) is 2.12. The van der Waals surface area contributed by atoms with Crippen LogP contribution in [-0.2, 0) is 11.3 Å². The lowest BCUT2D eigenvalue weighted by Crippen LogP contribution is -2.12. The summed E-state index contributed by atoms with van der Waals surface area (Å²) in [5, 5.41) is 0. The van der Waals surface area contributed by atoms with Crippen LogP contribution in [0.5, 0.6) is 0 Å². The molecule has 0 saturated carbocycles. The van der Waals surface area contributed by atoms with E-state index in [0.717, 1.165) is 5.56 Å². The third-order valence-electron chi connectivity index (χ3n) is 2.12. The number of nitrogens with two attached hydrogens (primary N) is 1. The molecular formula is C9H10FNO. The Labute approximate surface area is 70.1 Å². The molecule has 0 saturated heterocycles. The number of halogens is 1. The van der Waals surface area contributed by atoms with Gasteiger partial charge in [0.2, 0.25) is 0 Å². The number of benzene rings is 1. The van der Waals surface area contributed by atoms with Gasteiger partial charge in [-0.3, -0.25) is 0 Å². The molecule has 0 unspecified atom stereocenters. The summed E-state index contributed by atoms with van der Waals surface area (Å²) >= 11 is 0. The largest absolute Gasteiger partial charge is 0.367 e. The predicted octanol–water partition coefficient (Wildman–Crippen LogP) is 1.36. The molecule has 0 bridgehead atoms. The first-order chi connectivity index (χ1) is 5.83. The average Bonchev–Trinajstić information content (AvgIpc) is 2.49. The van der Waals surface area contributed by atoms with E-state index in [1.807, 2.05) is 6.07 Å². The zero-order valence-electron chi connectivity index (χ0n) is 6.59. The monoisotopic (exact) mass is 167 g/mol. The van der Waals surface area contributed by atoms with Gasteiger partial charge in [-0.05, 0) is 11.6 Å². The molecule has 1 aliphatic heterocycles. The van der Waals surface area contributed by atoms with Crippen molar-refractivity contribution in [1.29, 1.82) is 0 Å². The number of fused-ring (bicyclic) bond motifs is 1. The second-order valence-corrected chi connectivity index (χ2v) is 2.85. The molecule has 0 spiro atoms. The molecule has 1 heterocycles. The van der Waals surface area contributed by atoms with Crippen molar-refractivity contribution in [3.05, 3.63) is 35.1 Å². The summed E-state index contributed by atoms with van der Waals surface area (Å²) in [4.78, 5) is 0. The van der Waals surface area contributed by atoms with E-state index < -0.39 is 0 Å². The quantitative estimate of drug-likeness (QED) is 0.685. The van der Waals surface area contributed by atoms with E-state index in [9.17, 15) is 4.39 Å². The van der Waals surface area contributed by atoms with Crippen LogP contribution in [0.25, 0.3) is 0 Å². The van der Waals surface area contributed by atoms with E-state index in [0.29, 0.717) is 18.7 Å². The zero-order valence-corrected chi connectivity index (χ0v) is 6.59. The minimum Gasteiger partial charge on any atom is -0.367 e. The van der Waals surface area contributed by atoms with Crippen LogP contribution in [0.2, 0.25) is 0 Å². The van der Waals surface area contributed by atoms with E-state index in [2.05, 4.69) is 0 Å². The average molecular weight is 167 g/mol. The van der Waals surface area contributed by atoms with Crippen molar-refractivity contribution in [2.45, 2.75) is 12.7 Å². The van der Waals surface area contributed by atoms with E-state index in [1.165, 1.54) is 6.07 Å². The zero-order chi connectivity index (χ0) is 8.55. The fourth-order valence-electron chi connectivity index (χ4n) is 1.53. The second-order valence-electron chi connectivity index (χ2n) is 2.85. The highest BCUT2D eigenvalue weighted by Crippen LogP contribution is 2.31. The molecule has 1 aromatic carbocycles. The van der Waals surface area contributed by atoms with Crippen LogP contribution in [0.3, 0.4) is 0 Å². The summed E-state index contributed by atoms with van der Waals surface area (Å²) in [7, 11) is 0. The van der Waals surface area contributed by atoms with Gasteiger partial charge < -0.3 is 10.5 Å². The van der Waals surface area contributed by atoms with Crippen LogP contribution < -0.4 is 5.73 Å². The van der Waals surface area contributed by atoms with Crippen molar-refractivity contribution >= 4 is 0 Å². The summed E-state index contributed by atoms with van der Waals surface area (Å²) in [5.74, 6) is -0.208. The van der Waals surface area contributed by atoms with Gasteiger partial charge in [-0.15, -0.1) is 0 Å². The number of hydrogen-bond donors (Lipinski definition) is 1. The summed E-state index contributed by atoms with van der Waals surface area (Å²) < 4.78 is 18.5. The van der Waals surface area contributed by atoms with E-state index >= 15 is 0 Å². The summed E-state index contributed by atoms with van der Waals surface area (Å²) in [6.07, 6.45) is -0.249. The van der Waals surface area contributed by atoms with Gasteiger partial charge in [0, 0.05) is 12.1 Å². The summed E-state index contributed by atoms with van der Waals surface area (Å²) in [6, 6.07) is 5.00. The predicted molar refractivity (Wildman–Crippen MR) is 43.0 cm³/mol. The Balaban J connectivity index is 2.48. The molecule has 0 fully saturated rings. The maximum atomic E-state index is 13.2. The van der Waals surface area contributed by atoms with Crippen molar-refractivity contribution in [2.75, 3.05) is 6.54 Å². The molecule has 12 heavy (non-hydrogen) atoms. The summed E-state index contributed by atoms with van der Waals surface area (Å²) in [5.41, 5.74) is 6.99. The standard InChI is InChI=1S/C9H10FNO/c10-7-3-1-2-6-5-12-8(4-11)9(6)7/h1-3,8H,4-5,11H2/t8-/m0/s1. The molecule has 2 rings (SSSR count). The minimum atomic E-state index is -0.249. The van der Waals surface area contributed by atoms with E-state index in [4.69, 9.17) is 10.5 Å². The van der Waals surface area contributed by atoms with Crippen LogP contribution >= 0.6 is 0 Å². The molecular weight excluding hydrogens is 157 g/mol. The van der Waals surface area contributed by atoms with Gasteiger partial charge in [-0.25, -0.2) is 4.39 Å². The second kappa shape index (κ2) is 2.84. The molecule has 3 heteroatoms. The maximum Gasteiger partial charge on any atom is 0.129 e. The molecule has 1 aliphatic rings. The van der Waals surface area contributed by atoms with Crippen molar-refractivity contribution in [1.82, 2.24) is 0 Å². The lowest BCUT2D eigenvalue weighted by Gasteiger charge is -2.07. The Hall–Kier alpha value is -0.930. The van der Waals surface area contributed by atoms with Crippen LogP contribution in [0.1, 0.15) is 17.2 Å². The highest BCUT2D eigenvalue weighted by Gasteiger charge is 2.24. The topological polar surface area (TPSA) is 35.2 Å². The molecule has 2 nitrogen and oxygen atoms in total. The van der Waals surface area contributed by atoms with Crippen molar-refractivity contribution in [3.63, 3.8) is 0 Å². The van der Waals surface area contributed by atoms with Gasteiger partial charge in [-0.1, -0.05) is 12.1 Å². The first-order valence-corrected chi connectivity index (χ1v) is 3.92. The van der Waals surface area contributed by atoms with Crippen LogP contribution in [0.15, 0.2) is 18.2 Å².